The van der Waals surface area contributed by atoms with E-state index in [9.17, 15) is 17.9 Å². The van der Waals surface area contributed by atoms with Crippen molar-refractivity contribution in [3.05, 3.63) is 42.2 Å². The molecule has 0 unspecified atom stereocenters. The topological polar surface area (TPSA) is 112 Å². The number of rotatable bonds is 8. The second kappa shape index (κ2) is 9.92. The lowest BCUT2D eigenvalue weighted by Gasteiger charge is -2.41. The van der Waals surface area contributed by atoms with Crippen LogP contribution in [0.15, 0.2) is 36.7 Å². The van der Waals surface area contributed by atoms with Crippen LogP contribution < -0.4 is 15.1 Å². The van der Waals surface area contributed by atoms with Gasteiger partial charge in [-0.25, -0.2) is 22.8 Å². The Hall–Kier alpha value is -3.05. The molecule has 5 rings (SSSR count). The Morgan fingerprint density at radius 1 is 1.13 bits per heavy atom. The van der Waals surface area contributed by atoms with Gasteiger partial charge in [-0.3, -0.25) is 0 Å². The summed E-state index contributed by atoms with van der Waals surface area (Å²) in [6.07, 6.45) is 3.94. The van der Waals surface area contributed by atoms with E-state index in [1.807, 2.05) is 12.3 Å². The van der Waals surface area contributed by atoms with Crippen LogP contribution in [0.3, 0.4) is 0 Å². The van der Waals surface area contributed by atoms with Gasteiger partial charge in [-0.1, -0.05) is 19.9 Å². The number of aliphatic hydroxyl groups excluding tert-OH is 1. The molecule has 1 aromatic carbocycles. The van der Waals surface area contributed by atoms with Crippen molar-refractivity contribution in [2.24, 2.45) is 5.92 Å². The summed E-state index contributed by atoms with van der Waals surface area (Å²) in [5, 5.41) is 15.2. The highest BCUT2D eigenvalue weighted by Gasteiger charge is 2.43. The van der Waals surface area contributed by atoms with Gasteiger partial charge in [0.1, 0.15) is 21.5 Å². The predicted molar refractivity (Wildman–Crippen MR) is 149 cm³/mol. The number of alkyl halides is 1. The van der Waals surface area contributed by atoms with Crippen LogP contribution in [0.2, 0.25) is 0 Å². The first-order valence-electron chi connectivity index (χ1n) is 13.0. The van der Waals surface area contributed by atoms with E-state index in [-0.39, 0.29) is 24.6 Å². The second-order valence-corrected chi connectivity index (χ2v) is 13.2. The smallest absolute Gasteiger partial charge is 0.227 e. The van der Waals surface area contributed by atoms with Gasteiger partial charge in [-0.15, -0.1) is 0 Å². The Morgan fingerprint density at radius 3 is 2.55 bits per heavy atom. The molecule has 2 aromatic heterocycles. The van der Waals surface area contributed by atoms with Crippen LogP contribution in [-0.4, -0.2) is 78.4 Å². The monoisotopic (exact) mass is 542 g/mol. The van der Waals surface area contributed by atoms with Crippen LogP contribution in [0.25, 0.3) is 10.8 Å². The summed E-state index contributed by atoms with van der Waals surface area (Å²) in [5.41, 5.74) is 0.582. The maximum atomic E-state index is 14.9. The van der Waals surface area contributed by atoms with E-state index in [1.165, 1.54) is 18.7 Å². The summed E-state index contributed by atoms with van der Waals surface area (Å²) in [4.78, 5) is 17.5. The van der Waals surface area contributed by atoms with Crippen molar-refractivity contribution in [1.29, 1.82) is 0 Å². The van der Waals surface area contributed by atoms with Crippen LogP contribution in [0.1, 0.15) is 38.7 Å². The second-order valence-electron chi connectivity index (χ2n) is 11.1. The number of hydrogen-bond acceptors (Lipinski definition) is 9. The van der Waals surface area contributed by atoms with Crippen molar-refractivity contribution in [1.82, 2.24) is 15.0 Å². The summed E-state index contributed by atoms with van der Waals surface area (Å²) >= 11 is 0. The van der Waals surface area contributed by atoms with Gasteiger partial charge in [-0.2, -0.15) is 4.98 Å². The molecule has 2 N–H and O–H groups in total. The number of halogens is 1. The highest BCUT2D eigenvalue weighted by molar-refractivity contribution is 7.90. The zero-order valence-corrected chi connectivity index (χ0v) is 23.0. The maximum Gasteiger partial charge on any atom is 0.227 e. The summed E-state index contributed by atoms with van der Waals surface area (Å²) in [6.45, 7) is 7.67. The fourth-order valence-corrected chi connectivity index (χ4v) is 6.47. The van der Waals surface area contributed by atoms with E-state index in [0.29, 0.717) is 43.1 Å². The largest absolute Gasteiger partial charge is 0.390 e. The third-order valence-electron chi connectivity index (χ3n) is 7.55. The number of nitrogens with one attached hydrogen (secondary N) is 1. The highest BCUT2D eigenvalue weighted by atomic mass is 32.2. The molecule has 3 aromatic rings. The zero-order valence-electron chi connectivity index (χ0n) is 22.2. The van der Waals surface area contributed by atoms with E-state index >= 15 is 0 Å². The number of fused-ring (bicyclic) bond motifs is 1. The molecule has 2 atom stereocenters. The first kappa shape index (κ1) is 26.6. The van der Waals surface area contributed by atoms with Crippen molar-refractivity contribution < 1.29 is 17.9 Å². The predicted octanol–water partition coefficient (Wildman–Crippen LogP) is 3.67. The van der Waals surface area contributed by atoms with Gasteiger partial charge < -0.3 is 20.2 Å². The fraction of sp³-hybridized carbons (Fsp3) is 0.519. The quantitative estimate of drug-likeness (QED) is 0.440. The molecule has 0 radical (unpaired) electrons. The van der Waals surface area contributed by atoms with Crippen LogP contribution in [0, 0.1) is 5.92 Å². The number of anilines is 4. The Morgan fingerprint density at radius 2 is 1.89 bits per heavy atom. The van der Waals surface area contributed by atoms with Crippen LogP contribution in [-0.2, 0) is 9.84 Å². The molecule has 0 saturated carbocycles. The molecule has 2 fully saturated rings. The van der Waals surface area contributed by atoms with Gasteiger partial charge in [-0.05, 0) is 42.0 Å². The number of sulfone groups is 1. The fourth-order valence-electron chi connectivity index (χ4n) is 5.40. The molecule has 204 valence electrons. The molecule has 0 aliphatic carbocycles. The van der Waals surface area contributed by atoms with Crippen molar-refractivity contribution in [3.63, 3.8) is 0 Å². The third-order valence-corrected chi connectivity index (χ3v) is 8.63. The lowest BCUT2D eigenvalue weighted by atomic mass is 9.93. The molecule has 9 nitrogen and oxygen atoms in total. The molecular formula is C27H35FN6O3S. The summed E-state index contributed by atoms with van der Waals surface area (Å²) in [5.74, 6) is 2.23. The summed E-state index contributed by atoms with van der Waals surface area (Å²) in [6, 6.07) is 8.00. The molecule has 2 aliphatic rings. The van der Waals surface area contributed by atoms with E-state index in [4.69, 9.17) is 0 Å². The van der Waals surface area contributed by atoms with Crippen molar-refractivity contribution >= 4 is 43.9 Å². The Kier molecular flexibility index (Phi) is 6.93. The van der Waals surface area contributed by atoms with Crippen LogP contribution in [0.4, 0.5) is 27.7 Å². The van der Waals surface area contributed by atoms with Crippen molar-refractivity contribution in [2.45, 2.75) is 44.9 Å². The highest BCUT2D eigenvalue weighted by Crippen LogP contribution is 2.37. The summed E-state index contributed by atoms with van der Waals surface area (Å²) in [7, 11) is -2.99. The first-order chi connectivity index (χ1) is 17.9. The Balaban J connectivity index is 1.38. The van der Waals surface area contributed by atoms with Gasteiger partial charge in [0.25, 0.3) is 0 Å². The van der Waals surface area contributed by atoms with Crippen LogP contribution in [0.5, 0.6) is 0 Å². The number of aliphatic hydroxyl groups is 1. The number of nitrogens with zero attached hydrogens (tertiary/aromatic N) is 5. The normalized spacial score (nSPS) is 21.2. The van der Waals surface area contributed by atoms with Crippen molar-refractivity contribution in [2.75, 3.05) is 53.3 Å². The van der Waals surface area contributed by atoms with E-state index in [2.05, 4.69) is 51.1 Å². The molecule has 0 spiro atoms. The number of hydrogen-bond donors (Lipinski definition) is 2. The van der Waals surface area contributed by atoms with E-state index in [0.717, 1.165) is 16.5 Å². The van der Waals surface area contributed by atoms with Gasteiger partial charge in [0, 0.05) is 61.7 Å². The first-order valence-corrected chi connectivity index (χ1v) is 15.1. The standard InChI is InChI=1S/C27H35FN6O3S/c1-17(2)20-5-6-23(34-13-19(14-34)15-38(4,36)37)22-12-30-25(11-21(20)22)31-24-7-9-29-26(32-24)33-10-8-27(28,16-33)18(3)35/h5-7,9,11-12,17-19,35H,8,10,13-16H2,1-4H3,(H,29,30,31,32)/t18-,27+/m1/s1. The maximum absolute atomic E-state index is 14.9. The lowest BCUT2D eigenvalue weighted by molar-refractivity contribution is 0.0191. The van der Waals surface area contributed by atoms with Crippen LogP contribution >= 0.6 is 0 Å². The van der Waals surface area contributed by atoms with Gasteiger partial charge in [0.2, 0.25) is 5.95 Å². The van der Waals surface area contributed by atoms with E-state index in [1.54, 1.807) is 17.2 Å². The van der Waals surface area contributed by atoms with Gasteiger partial charge in [0.15, 0.2) is 5.67 Å². The third kappa shape index (κ3) is 5.40. The molecule has 2 aliphatic heterocycles. The number of benzene rings is 1. The lowest BCUT2D eigenvalue weighted by Crippen LogP contribution is -2.49. The molecule has 4 heterocycles. The van der Waals surface area contributed by atoms with Crippen molar-refractivity contribution in [3.8, 4) is 0 Å². The molecule has 0 bridgehead atoms. The molecule has 0 amide bonds. The molecule has 2 saturated heterocycles. The summed E-state index contributed by atoms with van der Waals surface area (Å²) < 4.78 is 38.2. The zero-order chi connectivity index (χ0) is 27.2. The molecular weight excluding hydrogens is 507 g/mol. The molecule has 11 heteroatoms. The van der Waals surface area contributed by atoms with Gasteiger partial charge >= 0.3 is 0 Å². The Labute approximate surface area is 223 Å². The molecule has 38 heavy (non-hydrogen) atoms. The minimum Gasteiger partial charge on any atom is -0.390 e. The average molecular weight is 543 g/mol. The minimum absolute atomic E-state index is 0.0460. The minimum atomic E-state index is -2.99. The average Bonchev–Trinajstić information content (AvgIpc) is 3.24. The van der Waals surface area contributed by atoms with Gasteiger partial charge in [0.05, 0.1) is 18.4 Å². The number of pyridine rings is 1. The Bertz CT molecular complexity index is 1440. The van der Waals surface area contributed by atoms with E-state index < -0.39 is 21.6 Å². The number of aromatic nitrogens is 3. The SMILES string of the molecule is CC(C)c1ccc(N2CC(CS(C)(=O)=O)C2)c2cnc(Nc3ccnc(N4CC[C@@](F)([C@@H](C)O)C4)n3)cc12.